The quantitative estimate of drug-likeness (QED) is 0.716. The number of hydrogen-bond donors (Lipinski definition) is 0. The van der Waals surface area contributed by atoms with Crippen LogP contribution >= 0.6 is 0 Å². The van der Waals surface area contributed by atoms with E-state index in [4.69, 9.17) is 4.74 Å². The largest absolute Gasteiger partial charge is 0.472 e. The first-order chi connectivity index (χ1) is 13.2. The van der Waals surface area contributed by atoms with Gasteiger partial charge in [-0.3, -0.25) is 14.5 Å². The second-order valence-corrected chi connectivity index (χ2v) is 6.48. The van der Waals surface area contributed by atoms with Crippen LogP contribution < -0.4 is 4.74 Å². The molecule has 0 spiro atoms. The molecule has 3 heterocycles. The van der Waals surface area contributed by atoms with Crippen molar-refractivity contribution in [3.05, 3.63) is 23.9 Å². The number of likely N-dealkylation sites (N-methyl/N-ethyl adjacent to an activating group) is 1. The zero-order valence-corrected chi connectivity index (χ0v) is 15.1. The molecule has 0 unspecified atom stereocenters. The van der Waals surface area contributed by atoms with Gasteiger partial charge in [-0.05, 0) is 13.0 Å². The standard InChI is InChI=1S/C17H19F3N4O4/c1-2-22-7-8-24(15(26)14(22)25)16(27)23-6-4-12(10-23)28-13-9-11(3-5-21-13)17(18,19)20/h3,5,9,12H,2,4,6-8,10H2,1H3/t12-/m0/s1. The van der Waals surface area contributed by atoms with E-state index in [1.54, 1.807) is 6.92 Å². The van der Waals surface area contributed by atoms with Gasteiger partial charge < -0.3 is 14.5 Å². The van der Waals surface area contributed by atoms with Gasteiger partial charge in [-0.15, -0.1) is 0 Å². The minimum absolute atomic E-state index is 0.0895. The number of pyridine rings is 1. The van der Waals surface area contributed by atoms with Crippen LogP contribution in [0.5, 0.6) is 5.88 Å². The molecule has 28 heavy (non-hydrogen) atoms. The van der Waals surface area contributed by atoms with E-state index in [0.29, 0.717) is 13.0 Å². The Labute approximate surface area is 158 Å². The Morgan fingerprint density at radius 2 is 2.00 bits per heavy atom. The molecule has 4 amide bonds. The summed E-state index contributed by atoms with van der Waals surface area (Å²) in [5.74, 6) is -1.78. The van der Waals surface area contributed by atoms with E-state index in [9.17, 15) is 27.6 Å². The Bertz CT molecular complexity index is 786. The summed E-state index contributed by atoms with van der Waals surface area (Å²) in [6.45, 7) is 2.86. The molecule has 2 aliphatic heterocycles. The summed E-state index contributed by atoms with van der Waals surface area (Å²) in [6, 6.07) is 1.05. The minimum Gasteiger partial charge on any atom is -0.472 e. The maximum atomic E-state index is 12.8. The lowest BCUT2D eigenvalue weighted by Crippen LogP contribution is -2.58. The van der Waals surface area contributed by atoms with Crippen molar-refractivity contribution in [3.63, 3.8) is 0 Å². The third kappa shape index (κ3) is 4.02. The average Bonchev–Trinajstić information content (AvgIpc) is 3.11. The van der Waals surface area contributed by atoms with Crippen LogP contribution in [-0.4, -0.2) is 76.4 Å². The molecule has 0 aromatic carbocycles. The molecule has 2 aliphatic rings. The number of amides is 4. The molecule has 0 aliphatic carbocycles. The summed E-state index contributed by atoms with van der Waals surface area (Å²) in [5, 5.41) is 0. The average molecular weight is 400 g/mol. The first-order valence-electron chi connectivity index (χ1n) is 8.80. The Balaban J connectivity index is 1.60. The third-order valence-electron chi connectivity index (χ3n) is 4.69. The number of aromatic nitrogens is 1. The summed E-state index contributed by atoms with van der Waals surface area (Å²) < 4.78 is 43.8. The van der Waals surface area contributed by atoms with Gasteiger partial charge in [-0.25, -0.2) is 9.78 Å². The monoisotopic (exact) mass is 400 g/mol. The molecule has 0 bridgehead atoms. The van der Waals surface area contributed by atoms with Gasteiger partial charge in [0.15, 0.2) is 0 Å². The number of rotatable bonds is 3. The van der Waals surface area contributed by atoms with Crippen LogP contribution in [0.4, 0.5) is 18.0 Å². The fourth-order valence-corrected chi connectivity index (χ4v) is 3.15. The molecule has 8 nitrogen and oxygen atoms in total. The van der Waals surface area contributed by atoms with E-state index in [2.05, 4.69) is 4.98 Å². The van der Waals surface area contributed by atoms with Gasteiger partial charge in [-0.2, -0.15) is 13.2 Å². The maximum absolute atomic E-state index is 12.8. The van der Waals surface area contributed by atoms with Crippen LogP contribution in [0.15, 0.2) is 18.3 Å². The summed E-state index contributed by atoms with van der Waals surface area (Å²) in [6.07, 6.45) is -3.68. The lowest BCUT2D eigenvalue weighted by atomic mass is 10.2. The first kappa shape index (κ1) is 19.9. The number of urea groups is 1. The second-order valence-electron chi connectivity index (χ2n) is 6.48. The highest BCUT2D eigenvalue weighted by molar-refractivity contribution is 6.38. The number of imide groups is 1. The topological polar surface area (TPSA) is 83.0 Å². The van der Waals surface area contributed by atoms with E-state index >= 15 is 0 Å². The Morgan fingerprint density at radius 3 is 2.68 bits per heavy atom. The van der Waals surface area contributed by atoms with Crippen molar-refractivity contribution in [2.24, 2.45) is 0 Å². The van der Waals surface area contributed by atoms with Crippen LogP contribution in [-0.2, 0) is 15.8 Å². The molecule has 1 aromatic heterocycles. The van der Waals surface area contributed by atoms with Crippen molar-refractivity contribution in [2.45, 2.75) is 25.6 Å². The minimum atomic E-state index is -4.51. The number of piperazine rings is 1. The van der Waals surface area contributed by atoms with Gasteiger partial charge in [0, 0.05) is 44.9 Å². The van der Waals surface area contributed by atoms with Crippen LogP contribution in [0.3, 0.4) is 0 Å². The first-order valence-corrected chi connectivity index (χ1v) is 8.80. The number of alkyl halides is 3. The van der Waals surface area contributed by atoms with E-state index in [-0.39, 0.29) is 32.1 Å². The lowest BCUT2D eigenvalue weighted by Gasteiger charge is -2.33. The van der Waals surface area contributed by atoms with Crippen molar-refractivity contribution < 1.29 is 32.3 Å². The highest BCUT2D eigenvalue weighted by atomic mass is 19.4. The van der Waals surface area contributed by atoms with Gasteiger partial charge in [0.25, 0.3) is 0 Å². The lowest BCUT2D eigenvalue weighted by molar-refractivity contribution is -0.153. The van der Waals surface area contributed by atoms with Crippen LogP contribution in [0, 0.1) is 0 Å². The van der Waals surface area contributed by atoms with E-state index < -0.39 is 35.7 Å². The maximum Gasteiger partial charge on any atom is 0.416 e. The summed E-state index contributed by atoms with van der Waals surface area (Å²) in [7, 11) is 0. The molecule has 0 radical (unpaired) electrons. The number of ether oxygens (including phenoxy) is 1. The van der Waals surface area contributed by atoms with Gasteiger partial charge >= 0.3 is 24.0 Å². The molecule has 3 rings (SSSR count). The normalized spacial score (nSPS) is 20.7. The van der Waals surface area contributed by atoms with Crippen molar-refractivity contribution in [3.8, 4) is 5.88 Å². The molecule has 1 atom stereocenters. The van der Waals surface area contributed by atoms with Crippen molar-refractivity contribution >= 4 is 17.8 Å². The molecular weight excluding hydrogens is 381 g/mol. The Hall–Kier alpha value is -2.85. The van der Waals surface area contributed by atoms with E-state index in [1.807, 2.05) is 0 Å². The fourth-order valence-electron chi connectivity index (χ4n) is 3.15. The molecule has 0 N–H and O–H groups in total. The third-order valence-corrected chi connectivity index (χ3v) is 4.69. The molecular formula is C17H19F3N4O4. The van der Waals surface area contributed by atoms with Crippen molar-refractivity contribution in [1.29, 1.82) is 0 Å². The van der Waals surface area contributed by atoms with Gasteiger partial charge in [-0.1, -0.05) is 0 Å². The predicted molar refractivity (Wildman–Crippen MR) is 89.2 cm³/mol. The van der Waals surface area contributed by atoms with E-state index in [1.165, 1.54) is 9.80 Å². The zero-order chi connectivity index (χ0) is 20.5. The molecule has 11 heteroatoms. The highest BCUT2D eigenvalue weighted by Gasteiger charge is 2.39. The smallest absolute Gasteiger partial charge is 0.416 e. The van der Waals surface area contributed by atoms with Gasteiger partial charge in [0.1, 0.15) is 6.10 Å². The van der Waals surface area contributed by atoms with Crippen LogP contribution in [0.25, 0.3) is 0 Å². The number of likely N-dealkylation sites (tertiary alicyclic amines) is 1. The summed E-state index contributed by atoms with van der Waals surface area (Å²) in [5.41, 5.74) is -0.874. The zero-order valence-electron chi connectivity index (χ0n) is 15.1. The number of nitrogens with zero attached hydrogens (tertiary/aromatic N) is 4. The Kier molecular flexibility index (Phi) is 5.43. The summed E-state index contributed by atoms with van der Waals surface area (Å²) in [4.78, 5) is 44.0. The number of carbonyl (C=O) groups is 3. The summed E-state index contributed by atoms with van der Waals surface area (Å²) >= 11 is 0. The SMILES string of the molecule is CCN1CCN(C(=O)N2CC[C@H](Oc3cc(C(F)(F)F)ccn3)C2)C(=O)C1=O. The predicted octanol–water partition coefficient (Wildman–Crippen LogP) is 1.36. The van der Waals surface area contributed by atoms with Crippen molar-refractivity contribution in [1.82, 2.24) is 19.7 Å². The molecule has 0 saturated carbocycles. The van der Waals surface area contributed by atoms with Gasteiger partial charge in [0.05, 0.1) is 12.1 Å². The van der Waals surface area contributed by atoms with Gasteiger partial charge in [0.2, 0.25) is 5.88 Å². The number of halogens is 3. The molecule has 152 valence electrons. The highest BCUT2D eigenvalue weighted by Crippen LogP contribution is 2.31. The molecule has 1 aromatic rings. The molecule has 2 saturated heterocycles. The Morgan fingerprint density at radius 1 is 1.25 bits per heavy atom. The number of carbonyl (C=O) groups excluding carboxylic acids is 3. The number of hydrogen-bond acceptors (Lipinski definition) is 5. The molecule has 2 fully saturated rings. The fraction of sp³-hybridized carbons (Fsp3) is 0.529. The van der Waals surface area contributed by atoms with Crippen LogP contribution in [0.2, 0.25) is 0 Å². The second kappa shape index (κ2) is 7.64. The van der Waals surface area contributed by atoms with Crippen molar-refractivity contribution in [2.75, 3.05) is 32.7 Å². The van der Waals surface area contributed by atoms with Crippen LogP contribution in [0.1, 0.15) is 18.9 Å². The van der Waals surface area contributed by atoms with E-state index in [0.717, 1.165) is 23.2 Å².